The van der Waals surface area contributed by atoms with Crippen LogP contribution in [0.3, 0.4) is 0 Å². The van der Waals surface area contributed by atoms with Crippen LogP contribution in [-0.4, -0.2) is 29.1 Å². The first-order chi connectivity index (χ1) is 6.46. The van der Waals surface area contributed by atoms with Gasteiger partial charge in [0, 0.05) is 13.1 Å². The fraction of sp³-hybridized carbons (Fsp3) is 0.909. The Kier molecular flexibility index (Phi) is 3.87. The van der Waals surface area contributed by atoms with Gasteiger partial charge in [0.1, 0.15) is 0 Å². The molecule has 1 aliphatic rings. The van der Waals surface area contributed by atoms with Crippen LogP contribution in [0.5, 0.6) is 0 Å². The second-order valence-electron chi connectivity index (χ2n) is 4.91. The molecule has 1 amide bonds. The van der Waals surface area contributed by atoms with Gasteiger partial charge in [0.2, 0.25) is 5.91 Å². The summed E-state index contributed by atoms with van der Waals surface area (Å²) in [5.41, 5.74) is 0.412. The van der Waals surface area contributed by atoms with Gasteiger partial charge in [-0.05, 0) is 24.7 Å². The predicted octanol–water partition coefficient (Wildman–Crippen LogP) is 2.34. The van der Waals surface area contributed by atoms with E-state index in [4.69, 9.17) is 0 Å². The van der Waals surface area contributed by atoms with E-state index in [1.165, 1.54) is 0 Å². The molecule has 14 heavy (non-hydrogen) atoms. The lowest BCUT2D eigenvalue weighted by molar-refractivity contribution is -0.132. The number of nitrogens with zero attached hydrogens (tertiary/aromatic N) is 1. The first-order valence-electron chi connectivity index (χ1n) is 5.43. The minimum Gasteiger partial charge on any atom is -0.342 e. The summed E-state index contributed by atoms with van der Waals surface area (Å²) in [7, 11) is 0. The Morgan fingerprint density at radius 3 is 2.36 bits per heavy atom. The van der Waals surface area contributed by atoms with Gasteiger partial charge in [-0.3, -0.25) is 4.79 Å². The van der Waals surface area contributed by atoms with Crippen molar-refractivity contribution >= 4 is 18.5 Å². The summed E-state index contributed by atoms with van der Waals surface area (Å²) in [5, 5.41) is -0.101. The lowest BCUT2D eigenvalue weighted by Gasteiger charge is -2.37. The molecule has 0 aliphatic carbocycles. The molecule has 0 bridgehead atoms. The normalized spacial score (nSPS) is 23.3. The van der Waals surface area contributed by atoms with Crippen molar-refractivity contribution in [3.8, 4) is 0 Å². The standard InChI is InChI=1S/C11H21NOS/c1-4-9(14)10(13)12-7-5-11(2,3)6-8-12/h9,14H,4-8H2,1-3H3. The van der Waals surface area contributed by atoms with Gasteiger partial charge in [-0.25, -0.2) is 0 Å². The summed E-state index contributed by atoms with van der Waals surface area (Å²) in [5.74, 6) is 0.214. The number of hydrogen-bond donors (Lipinski definition) is 1. The van der Waals surface area contributed by atoms with E-state index in [0.717, 1.165) is 32.4 Å². The second kappa shape index (κ2) is 4.56. The van der Waals surface area contributed by atoms with E-state index in [1.54, 1.807) is 0 Å². The van der Waals surface area contributed by atoms with E-state index >= 15 is 0 Å². The molecule has 0 saturated carbocycles. The fourth-order valence-electron chi connectivity index (χ4n) is 1.72. The third-order valence-corrected chi connectivity index (χ3v) is 3.69. The Morgan fingerprint density at radius 2 is 1.93 bits per heavy atom. The van der Waals surface area contributed by atoms with Crippen molar-refractivity contribution in [3.63, 3.8) is 0 Å². The van der Waals surface area contributed by atoms with Gasteiger partial charge in [0.25, 0.3) is 0 Å². The van der Waals surface area contributed by atoms with Crippen molar-refractivity contribution in [2.75, 3.05) is 13.1 Å². The van der Waals surface area contributed by atoms with Gasteiger partial charge < -0.3 is 4.90 Å². The number of rotatable bonds is 2. The Balaban J connectivity index is 2.46. The van der Waals surface area contributed by atoms with Crippen molar-refractivity contribution < 1.29 is 4.79 Å². The summed E-state index contributed by atoms with van der Waals surface area (Å²) in [6, 6.07) is 0. The highest BCUT2D eigenvalue weighted by Crippen LogP contribution is 2.30. The molecule has 1 fully saturated rings. The monoisotopic (exact) mass is 215 g/mol. The maximum atomic E-state index is 11.8. The summed E-state index contributed by atoms with van der Waals surface area (Å²) < 4.78 is 0. The van der Waals surface area contributed by atoms with Crippen molar-refractivity contribution in [1.29, 1.82) is 0 Å². The van der Waals surface area contributed by atoms with Crippen LogP contribution in [0.4, 0.5) is 0 Å². The maximum absolute atomic E-state index is 11.8. The number of likely N-dealkylation sites (tertiary alicyclic amines) is 1. The SMILES string of the molecule is CCC(S)C(=O)N1CCC(C)(C)CC1. The molecule has 0 radical (unpaired) electrons. The van der Waals surface area contributed by atoms with Crippen LogP contribution in [0.15, 0.2) is 0 Å². The number of hydrogen-bond acceptors (Lipinski definition) is 2. The topological polar surface area (TPSA) is 20.3 Å². The molecule has 0 N–H and O–H groups in total. The molecule has 0 spiro atoms. The average Bonchev–Trinajstić information content (AvgIpc) is 2.15. The lowest BCUT2D eigenvalue weighted by atomic mass is 9.82. The van der Waals surface area contributed by atoms with E-state index in [1.807, 2.05) is 11.8 Å². The van der Waals surface area contributed by atoms with Gasteiger partial charge in [-0.1, -0.05) is 20.8 Å². The highest BCUT2D eigenvalue weighted by molar-refractivity contribution is 7.81. The summed E-state index contributed by atoms with van der Waals surface area (Å²) in [6.45, 7) is 8.36. The van der Waals surface area contributed by atoms with Gasteiger partial charge in [0.05, 0.1) is 5.25 Å². The molecular weight excluding hydrogens is 194 g/mol. The van der Waals surface area contributed by atoms with Crippen LogP contribution in [0.1, 0.15) is 40.0 Å². The van der Waals surface area contributed by atoms with E-state index in [0.29, 0.717) is 5.41 Å². The van der Waals surface area contributed by atoms with Crippen LogP contribution >= 0.6 is 12.6 Å². The molecule has 0 aromatic carbocycles. The molecule has 1 unspecified atom stereocenters. The van der Waals surface area contributed by atoms with E-state index < -0.39 is 0 Å². The molecule has 3 heteroatoms. The molecular formula is C11H21NOS. The lowest BCUT2D eigenvalue weighted by Crippen LogP contribution is -2.44. The number of piperidine rings is 1. The third-order valence-electron chi connectivity index (χ3n) is 3.10. The number of amides is 1. The van der Waals surface area contributed by atoms with Crippen molar-refractivity contribution in [3.05, 3.63) is 0 Å². The summed E-state index contributed by atoms with van der Waals surface area (Å²) >= 11 is 4.29. The van der Waals surface area contributed by atoms with Gasteiger partial charge >= 0.3 is 0 Å². The zero-order chi connectivity index (χ0) is 10.8. The molecule has 82 valence electrons. The molecule has 0 aromatic heterocycles. The van der Waals surface area contributed by atoms with Crippen LogP contribution in [0.2, 0.25) is 0 Å². The zero-order valence-electron chi connectivity index (χ0n) is 9.42. The van der Waals surface area contributed by atoms with Crippen LogP contribution in [0.25, 0.3) is 0 Å². The Bertz CT molecular complexity index is 205. The molecule has 1 atom stereocenters. The molecule has 1 saturated heterocycles. The quantitative estimate of drug-likeness (QED) is 0.701. The number of thiol groups is 1. The molecule has 1 aliphatic heterocycles. The zero-order valence-corrected chi connectivity index (χ0v) is 10.3. The Labute approximate surface area is 92.5 Å². The van der Waals surface area contributed by atoms with Crippen molar-refractivity contribution in [1.82, 2.24) is 4.90 Å². The Hall–Kier alpha value is -0.180. The molecule has 1 heterocycles. The van der Waals surface area contributed by atoms with Crippen LogP contribution in [0, 0.1) is 5.41 Å². The smallest absolute Gasteiger partial charge is 0.235 e. The average molecular weight is 215 g/mol. The minimum atomic E-state index is -0.101. The minimum absolute atomic E-state index is 0.101. The predicted molar refractivity (Wildman–Crippen MR) is 62.7 cm³/mol. The van der Waals surface area contributed by atoms with E-state index in [9.17, 15) is 4.79 Å². The molecule has 2 nitrogen and oxygen atoms in total. The highest BCUT2D eigenvalue weighted by Gasteiger charge is 2.29. The Morgan fingerprint density at radius 1 is 1.43 bits per heavy atom. The van der Waals surface area contributed by atoms with Gasteiger partial charge in [-0.15, -0.1) is 0 Å². The summed E-state index contributed by atoms with van der Waals surface area (Å²) in [6.07, 6.45) is 3.05. The second-order valence-corrected chi connectivity index (χ2v) is 5.54. The first kappa shape index (κ1) is 11.9. The molecule has 1 rings (SSSR count). The molecule has 0 aromatic rings. The van der Waals surface area contributed by atoms with Crippen molar-refractivity contribution in [2.24, 2.45) is 5.41 Å². The number of carbonyl (C=O) groups is 1. The largest absolute Gasteiger partial charge is 0.342 e. The van der Waals surface area contributed by atoms with Crippen molar-refractivity contribution in [2.45, 2.75) is 45.3 Å². The third kappa shape index (κ3) is 2.91. The van der Waals surface area contributed by atoms with Crippen LogP contribution in [-0.2, 0) is 4.79 Å². The summed E-state index contributed by atoms with van der Waals surface area (Å²) in [4.78, 5) is 13.8. The highest BCUT2D eigenvalue weighted by atomic mass is 32.1. The maximum Gasteiger partial charge on any atom is 0.235 e. The first-order valence-corrected chi connectivity index (χ1v) is 5.95. The van der Waals surface area contributed by atoms with Gasteiger partial charge in [0.15, 0.2) is 0 Å². The fourth-order valence-corrected chi connectivity index (χ4v) is 1.88. The van der Waals surface area contributed by atoms with Crippen LogP contribution < -0.4 is 0 Å². The van der Waals surface area contributed by atoms with Gasteiger partial charge in [-0.2, -0.15) is 12.6 Å². The van der Waals surface area contributed by atoms with E-state index in [-0.39, 0.29) is 11.2 Å². The number of carbonyl (C=O) groups excluding carboxylic acids is 1. The van der Waals surface area contributed by atoms with E-state index in [2.05, 4.69) is 26.5 Å².